The van der Waals surface area contributed by atoms with Gasteiger partial charge in [0.2, 0.25) is 5.91 Å². The van der Waals surface area contributed by atoms with Gasteiger partial charge in [0.15, 0.2) is 10.7 Å². The number of hydrogen-bond donors (Lipinski definition) is 1. The Labute approximate surface area is 208 Å². The number of amides is 1. The van der Waals surface area contributed by atoms with E-state index in [1.165, 1.54) is 17.3 Å². The van der Waals surface area contributed by atoms with Gasteiger partial charge in [0, 0.05) is 12.2 Å². The molecule has 0 fully saturated rings. The molecule has 0 spiro atoms. The van der Waals surface area contributed by atoms with Crippen molar-refractivity contribution >= 4 is 34.4 Å². The number of ether oxygens (including phenoxy) is 1. The van der Waals surface area contributed by atoms with Crippen LogP contribution < -0.4 is 15.6 Å². The second-order valence-electron chi connectivity index (χ2n) is 8.12. The summed E-state index contributed by atoms with van der Waals surface area (Å²) >= 11 is 1.24. The molecule has 0 aliphatic heterocycles. The van der Waals surface area contributed by atoms with E-state index in [1.807, 2.05) is 62.4 Å². The van der Waals surface area contributed by atoms with Crippen molar-refractivity contribution in [3.63, 3.8) is 0 Å². The molecule has 2 aromatic carbocycles. The van der Waals surface area contributed by atoms with Crippen molar-refractivity contribution in [2.75, 3.05) is 18.2 Å². The first kappa shape index (κ1) is 24.5. The Bertz CT molecular complexity index is 1390. The summed E-state index contributed by atoms with van der Waals surface area (Å²) in [7, 11) is 1.61. The van der Waals surface area contributed by atoms with Crippen molar-refractivity contribution in [1.29, 1.82) is 0 Å². The van der Waals surface area contributed by atoms with Crippen molar-refractivity contribution in [2.45, 2.75) is 45.4 Å². The fraction of sp³-hybridized carbons (Fsp3) is 0.308. The van der Waals surface area contributed by atoms with Crippen LogP contribution in [0.1, 0.15) is 30.7 Å². The number of carbonyl (C=O) groups excluding carboxylic acids is 1. The number of aryl methyl sites for hydroxylation is 3. The normalized spacial score (nSPS) is 11.1. The van der Waals surface area contributed by atoms with E-state index in [0.29, 0.717) is 35.0 Å². The summed E-state index contributed by atoms with van der Waals surface area (Å²) in [5.74, 6) is 0.704. The SMILES string of the molecule is CCc1ccc(NC(=O)CSc2nc3c(C)nn(CC)c3c(=O)n2Cc2ccc(OC)cc2)cc1. The maximum absolute atomic E-state index is 13.6. The molecule has 4 rings (SSSR count). The third kappa shape index (κ3) is 5.40. The van der Waals surface area contributed by atoms with Gasteiger partial charge in [0.05, 0.1) is 25.1 Å². The predicted molar refractivity (Wildman–Crippen MR) is 139 cm³/mol. The molecule has 0 atom stereocenters. The molecular weight excluding hydrogens is 462 g/mol. The zero-order valence-electron chi connectivity index (χ0n) is 20.4. The minimum atomic E-state index is -0.175. The second kappa shape index (κ2) is 10.8. The number of benzene rings is 2. The summed E-state index contributed by atoms with van der Waals surface area (Å²) in [6.07, 6.45) is 0.942. The molecule has 0 unspecified atom stereocenters. The zero-order valence-corrected chi connectivity index (χ0v) is 21.2. The summed E-state index contributed by atoms with van der Waals surface area (Å²) in [6.45, 7) is 6.76. The smallest absolute Gasteiger partial charge is 0.280 e. The highest BCUT2D eigenvalue weighted by Gasteiger charge is 2.19. The fourth-order valence-electron chi connectivity index (χ4n) is 3.83. The van der Waals surface area contributed by atoms with Gasteiger partial charge in [-0.2, -0.15) is 5.10 Å². The van der Waals surface area contributed by atoms with Gasteiger partial charge >= 0.3 is 0 Å². The predicted octanol–water partition coefficient (Wildman–Crippen LogP) is 4.27. The van der Waals surface area contributed by atoms with Crippen molar-refractivity contribution < 1.29 is 9.53 Å². The highest BCUT2D eigenvalue weighted by Crippen LogP contribution is 2.22. The third-order valence-electron chi connectivity index (χ3n) is 5.76. The quantitative estimate of drug-likeness (QED) is 0.278. The second-order valence-corrected chi connectivity index (χ2v) is 9.06. The number of carbonyl (C=O) groups is 1. The zero-order chi connectivity index (χ0) is 24.9. The molecule has 4 aromatic rings. The lowest BCUT2D eigenvalue weighted by Crippen LogP contribution is -2.26. The maximum Gasteiger partial charge on any atom is 0.280 e. The lowest BCUT2D eigenvalue weighted by atomic mass is 10.1. The Morgan fingerprint density at radius 2 is 1.74 bits per heavy atom. The molecule has 0 radical (unpaired) electrons. The first-order chi connectivity index (χ1) is 16.9. The first-order valence-electron chi connectivity index (χ1n) is 11.6. The minimum Gasteiger partial charge on any atom is -0.497 e. The highest BCUT2D eigenvalue weighted by molar-refractivity contribution is 7.99. The van der Waals surface area contributed by atoms with Crippen LogP contribution in [0.3, 0.4) is 0 Å². The van der Waals surface area contributed by atoms with Crippen LogP contribution >= 0.6 is 11.8 Å². The maximum atomic E-state index is 13.6. The van der Waals surface area contributed by atoms with Crippen LogP contribution in [0, 0.1) is 6.92 Å². The number of fused-ring (bicyclic) bond motifs is 1. The number of methoxy groups -OCH3 is 1. The minimum absolute atomic E-state index is 0.122. The number of nitrogens with one attached hydrogen (secondary N) is 1. The third-order valence-corrected chi connectivity index (χ3v) is 6.74. The molecule has 2 aromatic heterocycles. The summed E-state index contributed by atoms with van der Waals surface area (Å²) in [5, 5.41) is 7.88. The molecule has 0 saturated heterocycles. The monoisotopic (exact) mass is 491 g/mol. The summed E-state index contributed by atoms with van der Waals surface area (Å²) < 4.78 is 8.55. The van der Waals surface area contributed by atoms with E-state index >= 15 is 0 Å². The Morgan fingerprint density at radius 1 is 1.06 bits per heavy atom. The number of nitrogens with zero attached hydrogens (tertiary/aromatic N) is 4. The molecule has 0 aliphatic rings. The van der Waals surface area contributed by atoms with Crippen LogP contribution in [0.2, 0.25) is 0 Å². The van der Waals surface area contributed by atoms with Crippen molar-refractivity contribution in [2.24, 2.45) is 0 Å². The summed E-state index contributed by atoms with van der Waals surface area (Å²) in [5.41, 5.74) is 4.44. The fourth-order valence-corrected chi connectivity index (χ4v) is 4.62. The van der Waals surface area contributed by atoms with Crippen LogP contribution in [0.4, 0.5) is 5.69 Å². The van der Waals surface area contributed by atoms with Gasteiger partial charge in [-0.3, -0.25) is 18.8 Å². The summed E-state index contributed by atoms with van der Waals surface area (Å²) in [6, 6.07) is 15.3. The van der Waals surface area contributed by atoms with E-state index in [9.17, 15) is 9.59 Å². The number of rotatable bonds is 9. The molecule has 1 amide bonds. The van der Waals surface area contributed by atoms with E-state index in [4.69, 9.17) is 9.72 Å². The largest absolute Gasteiger partial charge is 0.497 e. The van der Waals surface area contributed by atoms with E-state index in [2.05, 4.69) is 17.3 Å². The number of aromatic nitrogens is 4. The Balaban J connectivity index is 1.63. The Kier molecular flexibility index (Phi) is 7.55. The van der Waals surface area contributed by atoms with E-state index < -0.39 is 0 Å². The molecule has 8 nitrogen and oxygen atoms in total. The number of hydrogen-bond acceptors (Lipinski definition) is 6. The lowest BCUT2D eigenvalue weighted by molar-refractivity contribution is -0.113. The molecule has 0 aliphatic carbocycles. The number of thioether (sulfide) groups is 1. The van der Waals surface area contributed by atoms with E-state index in [0.717, 1.165) is 23.4 Å². The topological polar surface area (TPSA) is 91.0 Å². The van der Waals surface area contributed by atoms with E-state index in [1.54, 1.807) is 16.4 Å². The van der Waals surface area contributed by atoms with Crippen molar-refractivity contribution in [3.05, 3.63) is 75.7 Å². The van der Waals surface area contributed by atoms with Crippen molar-refractivity contribution in [3.8, 4) is 5.75 Å². The number of anilines is 1. The lowest BCUT2D eigenvalue weighted by Gasteiger charge is -2.13. The molecule has 9 heteroatoms. The van der Waals surface area contributed by atoms with Crippen LogP contribution in [0.15, 0.2) is 58.5 Å². The van der Waals surface area contributed by atoms with Gasteiger partial charge in [-0.1, -0.05) is 43.0 Å². The van der Waals surface area contributed by atoms with Crippen molar-refractivity contribution in [1.82, 2.24) is 19.3 Å². The molecule has 2 heterocycles. The van der Waals surface area contributed by atoms with Gasteiger partial charge in [-0.05, 0) is 55.7 Å². The molecule has 0 saturated carbocycles. The Morgan fingerprint density at radius 3 is 2.37 bits per heavy atom. The molecule has 1 N–H and O–H groups in total. The first-order valence-corrected chi connectivity index (χ1v) is 12.5. The average molecular weight is 492 g/mol. The standard InChI is InChI=1S/C26H29N5O3S/c1-5-18-7-11-20(12-8-18)27-22(32)16-35-26-28-23-17(3)29-31(6-2)24(23)25(33)30(26)15-19-9-13-21(34-4)14-10-19/h7-14H,5-6,15-16H2,1-4H3,(H,27,32). The molecule has 182 valence electrons. The Hall–Kier alpha value is -3.59. The van der Waals surface area contributed by atoms with Crippen LogP contribution in [0.25, 0.3) is 11.0 Å². The highest BCUT2D eigenvalue weighted by atomic mass is 32.2. The van der Waals surface area contributed by atoms with Gasteiger partial charge in [-0.25, -0.2) is 4.98 Å². The van der Waals surface area contributed by atoms with Gasteiger partial charge in [-0.15, -0.1) is 0 Å². The van der Waals surface area contributed by atoms with Gasteiger partial charge in [0.25, 0.3) is 5.56 Å². The average Bonchev–Trinajstić information content (AvgIpc) is 3.21. The van der Waals surface area contributed by atoms with Crippen LogP contribution in [-0.4, -0.2) is 38.1 Å². The van der Waals surface area contributed by atoms with E-state index in [-0.39, 0.29) is 17.2 Å². The summed E-state index contributed by atoms with van der Waals surface area (Å²) in [4.78, 5) is 31.0. The van der Waals surface area contributed by atoms with Crippen LogP contribution in [-0.2, 0) is 24.3 Å². The van der Waals surface area contributed by atoms with Gasteiger partial charge < -0.3 is 10.1 Å². The van der Waals surface area contributed by atoms with Gasteiger partial charge in [0.1, 0.15) is 11.3 Å². The molecule has 35 heavy (non-hydrogen) atoms. The molecular formula is C26H29N5O3S. The van der Waals surface area contributed by atoms with Crippen LogP contribution in [0.5, 0.6) is 5.75 Å². The molecule has 0 bridgehead atoms.